The summed E-state index contributed by atoms with van der Waals surface area (Å²) in [6.45, 7) is 8.79. The van der Waals surface area contributed by atoms with Crippen molar-refractivity contribution < 1.29 is 9.59 Å². The summed E-state index contributed by atoms with van der Waals surface area (Å²) in [6.07, 6.45) is 3.27. The second kappa shape index (κ2) is 2.90. The van der Waals surface area contributed by atoms with Gasteiger partial charge in [-0.25, -0.2) is 0 Å². The zero-order valence-corrected chi connectivity index (χ0v) is 11.0. The van der Waals surface area contributed by atoms with Gasteiger partial charge in [0.15, 0.2) is 11.6 Å². The van der Waals surface area contributed by atoms with E-state index in [1.165, 1.54) is 0 Å². The molecule has 0 N–H and O–H groups in total. The van der Waals surface area contributed by atoms with Gasteiger partial charge in [-0.15, -0.1) is 0 Å². The van der Waals surface area contributed by atoms with Gasteiger partial charge in [-0.3, -0.25) is 9.59 Å². The first-order valence-electron chi connectivity index (χ1n) is 6.60. The van der Waals surface area contributed by atoms with Gasteiger partial charge in [0.05, 0.1) is 0 Å². The highest BCUT2D eigenvalue weighted by molar-refractivity contribution is 6.08. The molecule has 3 aliphatic rings. The van der Waals surface area contributed by atoms with E-state index in [2.05, 4.69) is 27.7 Å². The van der Waals surface area contributed by atoms with E-state index >= 15 is 0 Å². The maximum Gasteiger partial charge on any atom is 0.160 e. The molecule has 0 aromatic heterocycles. The second-order valence-corrected chi connectivity index (χ2v) is 6.88. The third-order valence-electron chi connectivity index (χ3n) is 5.78. The Hall–Kier alpha value is -0.920. The number of fused-ring (bicyclic) bond motifs is 3. The zero-order valence-electron chi connectivity index (χ0n) is 11.0. The quantitative estimate of drug-likeness (QED) is 0.643. The largest absolute Gasteiger partial charge is 0.295 e. The summed E-state index contributed by atoms with van der Waals surface area (Å²) in [7, 11) is 0. The Morgan fingerprint density at radius 3 is 2.53 bits per heavy atom. The fraction of sp³-hybridized carbons (Fsp3) is 0.733. The smallest absolute Gasteiger partial charge is 0.160 e. The summed E-state index contributed by atoms with van der Waals surface area (Å²) >= 11 is 0. The van der Waals surface area contributed by atoms with Crippen LogP contribution in [0.2, 0.25) is 0 Å². The lowest BCUT2D eigenvalue weighted by Gasteiger charge is -2.44. The van der Waals surface area contributed by atoms with Crippen molar-refractivity contribution in [1.82, 2.24) is 0 Å². The lowest BCUT2D eigenvalue weighted by molar-refractivity contribution is -0.123. The van der Waals surface area contributed by atoms with Gasteiger partial charge in [0.1, 0.15) is 0 Å². The number of hydrogen-bond donors (Lipinski definition) is 0. The zero-order chi connectivity index (χ0) is 12.6. The lowest BCUT2D eigenvalue weighted by atomic mass is 9.59. The Morgan fingerprint density at radius 2 is 1.88 bits per heavy atom. The molecular formula is C15H20O2. The van der Waals surface area contributed by atoms with Crippen molar-refractivity contribution in [2.24, 2.45) is 28.6 Å². The number of Topliss-reactive ketones (excluding diaryl/α,β-unsaturated/α-hetero) is 1. The van der Waals surface area contributed by atoms with E-state index < -0.39 is 0 Å². The molecule has 92 valence electrons. The molecule has 4 atom stereocenters. The molecule has 0 unspecified atom stereocenters. The molecule has 0 spiro atoms. The van der Waals surface area contributed by atoms with E-state index in [-0.39, 0.29) is 28.3 Å². The molecule has 0 saturated heterocycles. The fourth-order valence-electron chi connectivity index (χ4n) is 4.58. The SMILES string of the molecule is C[C@H]1CCC(=O)C2=CC(=O)[C@@H]3[C@H](C3(C)C)[C@@]21C. The normalized spacial score (nSPS) is 47.1. The highest BCUT2D eigenvalue weighted by Gasteiger charge is 2.72. The van der Waals surface area contributed by atoms with Gasteiger partial charge in [-0.1, -0.05) is 27.7 Å². The first-order chi connectivity index (χ1) is 7.81. The van der Waals surface area contributed by atoms with Gasteiger partial charge in [-0.2, -0.15) is 0 Å². The molecule has 2 fully saturated rings. The van der Waals surface area contributed by atoms with E-state index in [0.717, 1.165) is 12.0 Å². The van der Waals surface area contributed by atoms with Gasteiger partial charge in [0.2, 0.25) is 0 Å². The minimum atomic E-state index is -0.0581. The van der Waals surface area contributed by atoms with E-state index in [9.17, 15) is 9.59 Å². The lowest BCUT2D eigenvalue weighted by Crippen LogP contribution is -2.41. The third kappa shape index (κ3) is 1.12. The van der Waals surface area contributed by atoms with Gasteiger partial charge in [-0.05, 0) is 29.7 Å². The van der Waals surface area contributed by atoms with Crippen LogP contribution in [0.5, 0.6) is 0 Å². The molecule has 0 bridgehead atoms. The monoisotopic (exact) mass is 232 g/mol. The molecule has 3 rings (SSSR count). The van der Waals surface area contributed by atoms with Crippen molar-refractivity contribution in [1.29, 1.82) is 0 Å². The Bertz CT molecular complexity index is 458. The van der Waals surface area contributed by atoms with Crippen LogP contribution in [-0.4, -0.2) is 11.6 Å². The van der Waals surface area contributed by atoms with Gasteiger partial charge >= 0.3 is 0 Å². The van der Waals surface area contributed by atoms with E-state index in [1.807, 2.05) is 0 Å². The van der Waals surface area contributed by atoms with Crippen LogP contribution in [0.3, 0.4) is 0 Å². The first-order valence-corrected chi connectivity index (χ1v) is 6.60. The molecule has 2 nitrogen and oxygen atoms in total. The summed E-state index contributed by atoms with van der Waals surface area (Å²) < 4.78 is 0. The van der Waals surface area contributed by atoms with Crippen molar-refractivity contribution in [3.63, 3.8) is 0 Å². The van der Waals surface area contributed by atoms with Crippen LogP contribution in [0.4, 0.5) is 0 Å². The predicted molar refractivity (Wildman–Crippen MR) is 65.4 cm³/mol. The van der Waals surface area contributed by atoms with Crippen LogP contribution in [-0.2, 0) is 9.59 Å². The van der Waals surface area contributed by atoms with E-state index in [1.54, 1.807) is 6.08 Å². The van der Waals surface area contributed by atoms with Crippen LogP contribution in [0, 0.1) is 28.6 Å². The third-order valence-corrected chi connectivity index (χ3v) is 5.78. The molecule has 0 amide bonds. The van der Waals surface area contributed by atoms with Crippen LogP contribution in [0.15, 0.2) is 11.6 Å². The van der Waals surface area contributed by atoms with Crippen molar-refractivity contribution in [2.45, 2.75) is 40.5 Å². The average molecular weight is 232 g/mol. The average Bonchev–Trinajstić information content (AvgIpc) is 2.83. The Morgan fingerprint density at radius 1 is 1.24 bits per heavy atom. The van der Waals surface area contributed by atoms with Gasteiger partial charge < -0.3 is 0 Å². The van der Waals surface area contributed by atoms with Gasteiger partial charge in [0.25, 0.3) is 0 Å². The summed E-state index contributed by atoms with van der Waals surface area (Å²) in [5, 5.41) is 0. The molecular weight excluding hydrogens is 212 g/mol. The fourth-order valence-corrected chi connectivity index (χ4v) is 4.58. The number of carbonyl (C=O) groups excluding carboxylic acids is 2. The predicted octanol–water partition coefficient (Wildman–Crippen LogP) is 2.77. The Balaban J connectivity index is 2.15. The van der Waals surface area contributed by atoms with Crippen LogP contribution in [0.1, 0.15) is 40.5 Å². The van der Waals surface area contributed by atoms with E-state index in [4.69, 9.17) is 0 Å². The topological polar surface area (TPSA) is 34.1 Å². The molecule has 0 aliphatic heterocycles. The summed E-state index contributed by atoms with van der Waals surface area (Å²) in [5.41, 5.74) is 0.848. The highest BCUT2D eigenvalue weighted by atomic mass is 16.1. The Labute approximate surface area is 102 Å². The molecule has 0 aromatic carbocycles. The molecule has 3 aliphatic carbocycles. The minimum Gasteiger partial charge on any atom is -0.295 e. The van der Waals surface area contributed by atoms with Crippen LogP contribution in [0.25, 0.3) is 0 Å². The number of allylic oxidation sites excluding steroid dienone is 2. The molecule has 17 heavy (non-hydrogen) atoms. The van der Waals surface area contributed by atoms with Crippen molar-refractivity contribution in [3.8, 4) is 0 Å². The van der Waals surface area contributed by atoms with E-state index in [0.29, 0.717) is 18.3 Å². The minimum absolute atomic E-state index is 0.0581. The van der Waals surface area contributed by atoms with Crippen LogP contribution < -0.4 is 0 Å². The number of ketones is 2. The number of carbonyl (C=O) groups is 2. The standard InChI is InChI=1S/C15H20O2/c1-8-5-6-10(16)9-7-11(17)12-13(14(12,2)3)15(8,9)4/h7-8,12-13H,5-6H2,1-4H3/t8-,12+,13+,15+/m0/s1. The number of rotatable bonds is 0. The van der Waals surface area contributed by atoms with Crippen molar-refractivity contribution in [3.05, 3.63) is 11.6 Å². The Kier molecular flexibility index (Phi) is 1.91. The molecule has 0 aromatic rings. The first kappa shape index (κ1) is 11.2. The van der Waals surface area contributed by atoms with Crippen molar-refractivity contribution >= 4 is 11.6 Å². The number of hydrogen-bond acceptors (Lipinski definition) is 2. The van der Waals surface area contributed by atoms with Crippen LogP contribution >= 0.6 is 0 Å². The maximum absolute atomic E-state index is 12.1. The molecule has 2 saturated carbocycles. The molecule has 0 radical (unpaired) electrons. The second-order valence-electron chi connectivity index (χ2n) is 6.88. The van der Waals surface area contributed by atoms with Gasteiger partial charge in [0, 0.05) is 23.3 Å². The molecule has 0 heterocycles. The molecule has 2 heteroatoms. The maximum atomic E-state index is 12.1. The van der Waals surface area contributed by atoms with Crippen molar-refractivity contribution in [2.75, 3.05) is 0 Å². The summed E-state index contributed by atoms with van der Waals surface area (Å²) in [5.74, 6) is 1.44. The summed E-state index contributed by atoms with van der Waals surface area (Å²) in [6, 6.07) is 0. The highest BCUT2D eigenvalue weighted by Crippen LogP contribution is 2.72. The summed E-state index contributed by atoms with van der Waals surface area (Å²) in [4.78, 5) is 24.2.